The Hall–Kier alpha value is -1.42. The van der Waals surface area contributed by atoms with Crippen molar-refractivity contribution < 1.29 is 9.90 Å². The molecule has 0 radical (unpaired) electrons. The lowest BCUT2D eigenvalue weighted by Crippen LogP contribution is -2.09. The van der Waals surface area contributed by atoms with Gasteiger partial charge in [-0.25, -0.2) is 4.79 Å². The second kappa shape index (κ2) is 4.35. The molecule has 2 heterocycles. The van der Waals surface area contributed by atoms with Gasteiger partial charge in [-0.3, -0.25) is 9.88 Å². The molecule has 0 aromatic carbocycles. The number of rotatable bonds is 2. The highest BCUT2D eigenvalue weighted by Gasteiger charge is 2.27. The van der Waals surface area contributed by atoms with Crippen LogP contribution in [-0.4, -0.2) is 28.0 Å². The predicted octanol–water partition coefficient (Wildman–Crippen LogP) is 2.38. The van der Waals surface area contributed by atoms with Gasteiger partial charge in [-0.2, -0.15) is 0 Å². The van der Waals surface area contributed by atoms with Crippen molar-refractivity contribution in [3.63, 3.8) is 0 Å². The zero-order valence-corrected chi connectivity index (χ0v) is 10.6. The predicted molar refractivity (Wildman–Crippen MR) is 67.6 cm³/mol. The molecule has 1 aliphatic carbocycles. The number of aromatic nitrogens is 1. The van der Waals surface area contributed by atoms with Crippen LogP contribution in [0.5, 0.6) is 0 Å². The maximum Gasteiger partial charge on any atom is 0.336 e. The van der Waals surface area contributed by atoms with Crippen LogP contribution in [0.15, 0.2) is 6.07 Å². The lowest BCUT2D eigenvalue weighted by atomic mass is 9.98. The molecule has 3 rings (SSSR count). The number of carboxylic acids is 1. The Labute approximate surface area is 107 Å². The van der Waals surface area contributed by atoms with E-state index in [9.17, 15) is 9.90 Å². The van der Waals surface area contributed by atoms with Gasteiger partial charge in [0.1, 0.15) is 0 Å². The normalized spacial score (nSPS) is 20.3. The van der Waals surface area contributed by atoms with Crippen molar-refractivity contribution in [2.75, 3.05) is 7.05 Å². The van der Waals surface area contributed by atoms with E-state index in [4.69, 9.17) is 4.98 Å². The number of fused-ring (bicyclic) bond motifs is 1. The topological polar surface area (TPSA) is 53.4 Å². The second-order valence-electron chi connectivity index (χ2n) is 5.48. The summed E-state index contributed by atoms with van der Waals surface area (Å²) >= 11 is 0. The Kier molecular flexibility index (Phi) is 2.82. The highest BCUT2D eigenvalue weighted by Crippen LogP contribution is 2.35. The van der Waals surface area contributed by atoms with Crippen LogP contribution in [0.3, 0.4) is 0 Å². The third-order valence-corrected chi connectivity index (χ3v) is 4.08. The second-order valence-corrected chi connectivity index (χ2v) is 5.48. The Morgan fingerprint density at radius 3 is 2.78 bits per heavy atom. The lowest BCUT2D eigenvalue weighted by Gasteiger charge is -2.12. The van der Waals surface area contributed by atoms with Crippen molar-refractivity contribution in [3.05, 3.63) is 28.6 Å². The lowest BCUT2D eigenvalue weighted by molar-refractivity contribution is 0.0695. The van der Waals surface area contributed by atoms with E-state index < -0.39 is 5.97 Å². The molecule has 0 spiro atoms. The van der Waals surface area contributed by atoms with E-state index in [1.165, 1.54) is 12.8 Å². The highest BCUT2D eigenvalue weighted by molar-refractivity contribution is 5.90. The van der Waals surface area contributed by atoms with Crippen LogP contribution in [0.4, 0.5) is 0 Å². The van der Waals surface area contributed by atoms with Gasteiger partial charge < -0.3 is 5.11 Å². The molecule has 0 amide bonds. The van der Waals surface area contributed by atoms with Crippen LogP contribution in [0.1, 0.15) is 58.9 Å². The molecule has 1 N–H and O–H groups in total. The van der Waals surface area contributed by atoms with Gasteiger partial charge in [0.2, 0.25) is 0 Å². The van der Waals surface area contributed by atoms with Crippen LogP contribution >= 0.6 is 0 Å². The molecule has 18 heavy (non-hydrogen) atoms. The molecular weight excluding hydrogens is 228 g/mol. The Morgan fingerprint density at radius 2 is 2.11 bits per heavy atom. The molecule has 1 saturated carbocycles. The smallest absolute Gasteiger partial charge is 0.336 e. The molecule has 1 aliphatic heterocycles. The minimum Gasteiger partial charge on any atom is -0.478 e. The van der Waals surface area contributed by atoms with E-state index in [2.05, 4.69) is 4.90 Å². The number of hydrogen-bond acceptors (Lipinski definition) is 3. The van der Waals surface area contributed by atoms with E-state index in [0.29, 0.717) is 18.0 Å². The average molecular weight is 246 g/mol. The van der Waals surface area contributed by atoms with E-state index in [0.717, 1.165) is 36.3 Å². The number of carbonyl (C=O) groups is 1. The van der Waals surface area contributed by atoms with Gasteiger partial charge in [-0.1, -0.05) is 12.8 Å². The van der Waals surface area contributed by atoms with Crippen molar-refractivity contribution in [1.29, 1.82) is 0 Å². The minimum absolute atomic E-state index is 0.464. The Bertz CT molecular complexity index is 493. The van der Waals surface area contributed by atoms with Gasteiger partial charge in [0.25, 0.3) is 0 Å². The third kappa shape index (κ3) is 1.90. The van der Waals surface area contributed by atoms with Crippen molar-refractivity contribution in [2.24, 2.45) is 0 Å². The zero-order valence-electron chi connectivity index (χ0n) is 10.6. The average Bonchev–Trinajstić information content (AvgIpc) is 2.93. The van der Waals surface area contributed by atoms with Gasteiger partial charge in [0, 0.05) is 30.3 Å². The van der Waals surface area contributed by atoms with Gasteiger partial charge in [-0.05, 0) is 26.0 Å². The number of carboxylic acid groups (broad SMARTS) is 1. The molecule has 0 bridgehead atoms. The molecule has 1 aromatic rings. The van der Waals surface area contributed by atoms with Crippen LogP contribution < -0.4 is 0 Å². The Balaban J connectivity index is 2.05. The van der Waals surface area contributed by atoms with Crippen LogP contribution in [0.2, 0.25) is 0 Å². The Morgan fingerprint density at radius 1 is 1.39 bits per heavy atom. The molecule has 4 heteroatoms. The molecule has 1 aromatic heterocycles. The fourth-order valence-corrected chi connectivity index (χ4v) is 3.16. The summed E-state index contributed by atoms with van der Waals surface area (Å²) in [5.74, 6) is -0.345. The van der Waals surface area contributed by atoms with Crippen molar-refractivity contribution >= 4 is 5.97 Å². The van der Waals surface area contributed by atoms with Gasteiger partial charge in [0.05, 0.1) is 11.3 Å². The van der Waals surface area contributed by atoms with Crippen LogP contribution in [0, 0.1) is 0 Å². The summed E-state index contributed by atoms with van der Waals surface area (Å²) < 4.78 is 0. The van der Waals surface area contributed by atoms with Gasteiger partial charge >= 0.3 is 5.97 Å². The first-order chi connectivity index (χ1) is 8.65. The summed E-state index contributed by atoms with van der Waals surface area (Å²) in [4.78, 5) is 18.2. The standard InChI is InChI=1S/C14H18N2O2/c1-16-7-11-10(14(17)18)6-12(15-13(11)8-16)9-4-2-3-5-9/h6,9H,2-5,7-8H2,1H3,(H,17,18). The summed E-state index contributed by atoms with van der Waals surface area (Å²) in [6.45, 7) is 1.48. The summed E-state index contributed by atoms with van der Waals surface area (Å²) in [6.07, 6.45) is 4.79. The third-order valence-electron chi connectivity index (χ3n) is 4.08. The monoisotopic (exact) mass is 246 g/mol. The summed E-state index contributed by atoms with van der Waals surface area (Å²) in [7, 11) is 2.00. The SMILES string of the molecule is CN1Cc2nc(C3CCCC3)cc(C(=O)O)c2C1. The quantitative estimate of drug-likeness (QED) is 0.870. The molecule has 2 aliphatic rings. The van der Waals surface area contributed by atoms with E-state index in [1.807, 2.05) is 13.1 Å². The van der Waals surface area contributed by atoms with E-state index >= 15 is 0 Å². The molecule has 1 fully saturated rings. The van der Waals surface area contributed by atoms with Gasteiger partial charge in [-0.15, -0.1) is 0 Å². The molecular formula is C14H18N2O2. The maximum atomic E-state index is 11.4. The van der Waals surface area contributed by atoms with Crippen LogP contribution in [0.25, 0.3) is 0 Å². The fourth-order valence-electron chi connectivity index (χ4n) is 3.16. The number of nitrogens with zero attached hydrogens (tertiary/aromatic N) is 2. The van der Waals surface area contributed by atoms with E-state index in [1.54, 1.807) is 0 Å². The molecule has 0 saturated heterocycles. The summed E-state index contributed by atoms with van der Waals surface area (Å²) in [6, 6.07) is 1.82. The summed E-state index contributed by atoms with van der Waals surface area (Å²) in [5.41, 5.74) is 3.34. The zero-order chi connectivity index (χ0) is 12.7. The van der Waals surface area contributed by atoms with E-state index in [-0.39, 0.29) is 0 Å². The van der Waals surface area contributed by atoms with Crippen molar-refractivity contribution in [1.82, 2.24) is 9.88 Å². The van der Waals surface area contributed by atoms with Crippen molar-refractivity contribution in [2.45, 2.75) is 44.7 Å². The molecule has 0 atom stereocenters. The van der Waals surface area contributed by atoms with Gasteiger partial charge in [0.15, 0.2) is 0 Å². The summed E-state index contributed by atoms with van der Waals surface area (Å²) in [5, 5.41) is 9.36. The largest absolute Gasteiger partial charge is 0.478 e. The molecule has 4 nitrogen and oxygen atoms in total. The number of hydrogen-bond donors (Lipinski definition) is 1. The first-order valence-electron chi connectivity index (χ1n) is 6.59. The maximum absolute atomic E-state index is 11.4. The first kappa shape index (κ1) is 11.7. The molecule has 96 valence electrons. The van der Waals surface area contributed by atoms with Crippen LogP contribution in [-0.2, 0) is 13.1 Å². The number of aromatic carboxylic acids is 1. The number of pyridine rings is 1. The first-order valence-corrected chi connectivity index (χ1v) is 6.59. The highest BCUT2D eigenvalue weighted by atomic mass is 16.4. The fraction of sp³-hybridized carbons (Fsp3) is 0.571. The molecule has 0 unspecified atom stereocenters. The van der Waals surface area contributed by atoms with Crippen molar-refractivity contribution in [3.8, 4) is 0 Å². The minimum atomic E-state index is -0.816.